The van der Waals surface area contributed by atoms with Crippen LogP contribution in [0.4, 0.5) is 56.9 Å². The first-order chi connectivity index (χ1) is 60.7. The second kappa shape index (κ2) is 37.2. The largest absolute Gasteiger partial charge is 0.493 e. The van der Waals surface area contributed by atoms with Crippen LogP contribution < -0.4 is 57.8 Å². The Labute approximate surface area is 743 Å². The number of nitrogens with zero attached hydrogens (tertiary/aromatic N) is 11. The van der Waals surface area contributed by atoms with E-state index in [1.54, 1.807) is 41.2 Å². The first-order valence-electron chi connectivity index (χ1n) is 41.7. The molecule has 1 saturated heterocycles. The van der Waals surface area contributed by atoms with E-state index in [-0.39, 0.29) is 122 Å². The molecule has 4 atom stereocenters. The highest BCUT2D eigenvalue weighted by Gasteiger charge is 2.42. The second-order valence-corrected chi connectivity index (χ2v) is 32.4. The minimum atomic E-state index is -0.840. The van der Waals surface area contributed by atoms with E-state index in [0.717, 1.165) is 96.2 Å². The van der Waals surface area contributed by atoms with Gasteiger partial charge in [-0.15, -0.1) is 5.06 Å². The number of benzene rings is 10. The minimum absolute atomic E-state index is 0. The van der Waals surface area contributed by atoms with Gasteiger partial charge < -0.3 is 48.2 Å². The number of hydrogen-bond donors (Lipinski definition) is 1. The zero-order valence-corrected chi connectivity index (χ0v) is 69.7. The molecule has 19 rings (SSSR count). The van der Waals surface area contributed by atoms with Gasteiger partial charge in [-0.2, -0.15) is 0 Å². The summed E-state index contributed by atoms with van der Waals surface area (Å²) < 4.78 is 37.3. The SMILES string of the molecule is C.C.C.COc1cc2c(cc1OCc1cc(COc3cc4c(cc3C)C(=O)N3c5ccccc5C[C@H]3C=N4)cc(N(C)CCCC(=O)O)c1)N=C[C@@H]1Cc3ccccc3N1C2=O.COc1cc2c(cc1OCc1cc(COc3cc4c(cc3C)C(=O)N3c5ccccc5C[C@H]3C=N4)cc(N(C)CCCC(=O)ON3C(=O)CCC3=O)c1)N=C[C@@H]1Cc3ccccc3N1C2=O. The zero-order chi connectivity index (χ0) is 86.4. The number of hydroxylamine groups is 2. The normalized spacial score (nSPS) is 16.9. The Morgan fingerprint density at radius 2 is 0.688 bits per heavy atom. The summed E-state index contributed by atoms with van der Waals surface area (Å²) >= 11 is 0. The van der Waals surface area contributed by atoms with Crippen molar-refractivity contribution in [3.8, 4) is 34.5 Å². The van der Waals surface area contributed by atoms with Crippen molar-refractivity contribution in [3.63, 3.8) is 0 Å². The van der Waals surface area contributed by atoms with Crippen LogP contribution in [0.15, 0.2) is 202 Å². The number of carboxylic acid groups (broad SMARTS) is 1. The van der Waals surface area contributed by atoms with Crippen molar-refractivity contribution in [1.29, 1.82) is 0 Å². The fraction of sp³-hybridized carbons (Fsp3) is 0.287. The molecule has 1 fully saturated rings. The van der Waals surface area contributed by atoms with Crippen LogP contribution in [0.25, 0.3) is 0 Å². The number of para-hydroxylation sites is 4. The third-order valence-electron chi connectivity index (χ3n) is 24.0. The number of carboxylic acids is 1. The molecule has 0 spiro atoms. The van der Waals surface area contributed by atoms with Crippen LogP contribution in [0.1, 0.15) is 158 Å². The lowest BCUT2D eigenvalue weighted by Crippen LogP contribution is -2.37. The molecule has 0 aromatic heterocycles. The fourth-order valence-corrected chi connectivity index (χ4v) is 17.7. The number of methoxy groups -OCH3 is 2. The highest BCUT2D eigenvalue weighted by molar-refractivity contribution is 6.18. The minimum Gasteiger partial charge on any atom is -0.493 e. The molecule has 0 radical (unpaired) electrons. The van der Waals surface area contributed by atoms with E-state index in [0.29, 0.717) is 130 Å². The lowest BCUT2D eigenvalue weighted by Gasteiger charge is -2.23. The summed E-state index contributed by atoms with van der Waals surface area (Å²) in [4.78, 5) is 139. The number of carbonyl (C=O) groups excluding carboxylic acids is 7. The molecule has 0 unspecified atom stereocenters. The molecule has 128 heavy (non-hydrogen) atoms. The predicted octanol–water partition coefficient (Wildman–Crippen LogP) is 17.5. The average Bonchev–Trinajstić information content (AvgIpc) is 1.61. The maximum atomic E-state index is 14.0. The van der Waals surface area contributed by atoms with Gasteiger partial charge in [0.15, 0.2) is 23.0 Å². The van der Waals surface area contributed by atoms with E-state index in [2.05, 4.69) is 6.07 Å². The van der Waals surface area contributed by atoms with Crippen molar-refractivity contribution in [3.05, 3.63) is 260 Å². The average molecular weight is 1720 g/mol. The number of imide groups is 1. The van der Waals surface area contributed by atoms with Gasteiger partial charge in [0.05, 0.1) is 83.4 Å². The maximum Gasteiger partial charge on any atom is 0.333 e. The quantitative estimate of drug-likeness (QED) is 0.0520. The van der Waals surface area contributed by atoms with Crippen molar-refractivity contribution < 1.29 is 76.7 Å². The molecule has 0 saturated carbocycles. The van der Waals surface area contributed by atoms with E-state index in [9.17, 15) is 43.5 Å². The Hall–Kier alpha value is -14.8. The lowest BCUT2D eigenvalue weighted by atomic mass is 10.1. The van der Waals surface area contributed by atoms with Crippen molar-refractivity contribution in [2.24, 2.45) is 20.0 Å². The number of amides is 6. The Morgan fingerprint density at radius 1 is 0.391 bits per heavy atom. The molecular weight excluding hydrogens is 1620 g/mol. The molecule has 9 aliphatic rings. The van der Waals surface area contributed by atoms with Gasteiger partial charge in [0.2, 0.25) is 0 Å². The van der Waals surface area contributed by atoms with E-state index < -0.39 is 23.8 Å². The Morgan fingerprint density at radius 3 is 1.01 bits per heavy atom. The second-order valence-electron chi connectivity index (χ2n) is 32.4. The number of aryl methyl sites for hydroxylation is 2. The molecule has 10 aromatic rings. The smallest absolute Gasteiger partial charge is 0.333 e. The van der Waals surface area contributed by atoms with Gasteiger partial charge in [0, 0.05) is 162 Å². The highest BCUT2D eigenvalue weighted by atomic mass is 16.7. The molecular formula is C101H101N11O16. The van der Waals surface area contributed by atoms with Gasteiger partial charge in [-0.25, -0.2) is 4.79 Å². The van der Waals surface area contributed by atoms with Gasteiger partial charge in [-0.3, -0.25) is 73.1 Å². The number of carbonyl (C=O) groups is 8. The number of hydrogen-bond acceptors (Lipinski definition) is 21. The lowest BCUT2D eigenvalue weighted by molar-refractivity contribution is -0.197. The van der Waals surface area contributed by atoms with E-state index >= 15 is 0 Å². The van der Waals surface area contributed by atoms with Crippen LogP contribution in [-0.4, -0.2) is 148 Å². The fourth-order valence-electron chi connectivity index (χ4n) is 17.7. The molecule has 6 amide bonds. The Kier molecular flexibility index (Phi) is 25.6. The summed E-state index contributed by atoms with van der Waals surface area (Å²) in [5, 5.41) is 9.82. The van der Waals surface area contributed by atoms with E-state index in [4.69, 9.17) is 53.2 Å². The van der Waals surface area contributed by atoms with Gasteiger partial charge in [-0.05, 0) is 167 Å². The van der Waals surface area contributed by atoms with Crippen molar-refractivity contribution in [2.75, 3.05) is 70.8 Å². The summed E-state index contributed by atoms with van der Waals surface area (Å²) in [6.07, 6.45) is 11.1. The monoisotopic (exact) mass is 1720 g/mol. The van der Waals surface area contributed by atoms with Crippen molar-refractivity contribution in [2.45, 2.75) is 151 Å². The van der Waals surface area contributed by atoms with E-state index in [1.165, 1.54) is 7.11 Å². The van der Waals surface area contributed by atoms with Gasteiger partial charge >= 0.3 is 11.9 Å². The summed E-state index contributed by atoms with van der Waals surface area (Å²) in [5.41, 5.74) is 18.6. The third kappa shape index (κ3) is 17.5. The van der Waals surface area contributed by atoms with Crippen molar-refractivity contribution in [1.82, 2.24) is 5.06 Å². The van der Waals surface area contributed by atoms with Crippen LogP contribution in [-0.2, 0) is 76.1 Å². The number of aliphatic carboxylic acids is 1. The number of fused-ring (bicyclic) bond motifs is 16. The summed E-state index contributed by atoms with van der Waals surface area (Å²) in [5.74, 6) is -0.203. The van der Waals surface area contributed by atoms with E-state index in [1.807, 2.05) is 224 Å². The summed E-state index contributed by atoms with van der Waals surface area (Å²) in [6, 6.07) is 57.2. The zero-order valence-electron chi connectivity index (χ0n) is 69.7. The molecule has 27 heteroatoms. The standard InChI is InChI=1S/C51H46N6O9.C47H43N5O7.3CH4/c1-30-17-38-40(52-26-36-21-33-9-4-6-11-42(33)55(36)50(38)61)24-44(30)64-28-31-18-32(20-35(19-31)54(2)16-8-13-49(60)66-57-47(58)14-15-48(57)59)29-65-46-25-41-39(23-45(46)63-3)51(62)56-37(27-53-41)22-34-10-5-7-12-43(34)56;1-28-15-36-38(48-24-34-19-31-9-4-6-11-40(31)51(34)46(36)55)22-42(28)58-26-29-16-30(18-33(17-29)50(2)14-8-13-45(53)54)27-59-44-23-39-37(21-43(44)57-3)47(56)52-35(25-49-39)20-32-10-5-7-12-41(32)52;;;/h4-7,9-12,17-20,23-27,36-37H,8,13-16,21-22,28-29H2,1-3H3;4-7,9-12,15-18,21-25,34-35H,8,13-14,19-20,26-27H2,1-3H3,(H,53,54);3*1H4/t36-,37-;34-,35-;;;/m00.../s1. The summed E-state index contributed by atoms with van der Waals surface area (Å²) in [7, 11) is 6.90. The third-order valence-corrected chi connectivity index (χ3v) is 24.0. The molecule has 656 valence electrons. The summed E-state index contributed by atoms with van der Waals surface area (Å²) in [6.45, 7) is 5.45. The predicted molar refractivity (Wildman–Crippen MR) is 494 cm³/mol. The van der Waals surface area contributed by atoms with Crippen LogP contribution in [0.5, 0.6) is 34.5 Å². The van der Waals surface area contributed by atoms with Crippen LogP contribution in [0, 0.1) is 13.8 Å². The molecule has 0 aliphatic carbocycles. The molecule has 10 aromatic carbocycles. The number of anilines is 6. The maximum absolute atomic E-state index is 14.0. The molecule has 9 aliphatic heterocycles. The molecule has 9 heterocycles. The van der Waals surface area contributed by atoms with Crippen molar-refractivity contribution >= 4 is 129 Å². The molecule has 1 N–H and O–H groups in total. The van der Waals surface area contributed by atoms with Gasteiger partial charge in [0.1, 0.15) is 37.9 Å². The van der Waals surface area contributed by atoms with Gasteiger partial charge in [0.25, 0.3) is 35.4 Å². The number of rotatable bonds is 25. The number of aliphatic imine (C=N–C) groups is 4. The topological polar surface area (TPSA) is 294 Å². The first-order valence-corrected chi connectivity index (χ1v) is 41.7. The van der Waals surface area contributed by atoms with Crippen LogP contribution >= 0.6 is 0 Å². The van der Waals surface area contributed by atoms with Crippen LogP contribution in [0.3, 0.4) is 0 Å². The Bertz CT molecular complexity index is 6220. The van der Waals surface area contributed by atoms with Gasteiger partial charge in [-0.1, -0.05) is 95.1 Å². The van der Waals surface area contributed by atoms with Crippen LogP contribution in [0.2, 0.25) is 0 Å². The molecule has 27 nitrogen and oxygen atoms in total. The number of ether oxygens (including phenoxy) is 6. The molecule has 0 bridgehead atoms. The Balaban J connectivity index is 0.000000194. The first kappa shape index (κ1) is 88.1. The highest BCUT2D eigenvalue weighted by Crippen LogP contribution is 2.47.